The summed E-state index contributed by atoms with van der Waals surface area (Å²) in [6.07, 6.45) is 2.25. The van der Waals surface area contributed by atoms with Gasteiger partial charge in [0.2, 0.25) is 0 Å². The number of allylic oxidation sites excluding steroid dienone is 2. The molecular weight excluding hydrogens is 450 g/mol. The van der Waals surface area contributed by atoms with Crippen molar-refractivity contribution in [2.75, 3.05) is 14.2 Å². The van der Waals surface area contributed by atoms with E-state index in [4.69, 9.17) is 9.47 Å². The van der Waals surface area contributed by atoms with E-state index in [0.717, 1.165) is 55.8 Å². The van der Waals surface area contributed by atoms with E-state index < -0.39 is 0 Å². The Labute approximate surface area is 192 Å². The summed E-state index contributed by atoms with van der Waals surface area (Å²) in [6, 6.07) is 23.0. The molecule has 0 aliphatic carbocycles. The number of rotatable bonds is 6. The van der Waals surface area contributed by atoms with Crippen molar-refractivity contribution in [1.29, 1.82) is 0 Å². The number of hydrogen-bond donors (Lipinski definition) is 0. The van der Waals surface area contributed by atoms with Crippen molar-refractivity contribution in [3.05, 3.63) is 82.9 Å². The first kappa shape index (κ1) is 21.3. The zero-order valence-corrected chi connectivity index (χ0v) is 19.9. The first-order valence-electron chi connectivity index (χ1n) is 10.3. The Kier molecular flexibility index (Phi) is 6.19. The number of ether oxygens (including phenoxy) is 2. The Bertz CT molecular complexity index is 1240. The minimum Gasteiger partial charge on any atom is -0.496 e. The van der Waals surface area contributed by atoms with Gasteiger partial charge in [0.25, 0.3) is 0 Å². The Morgan fingerprint density at radius 1 is 0.871 bits per heavy atom. The van der Waals surface area contributed by atoms with E-state index in [9.17, 15) is 0 Å². The highest BCUT2D eigenvalue weighted by Crippen LogP contribution is 2.49. The minimum atomic E-state index is 0.741. The maximum Gasteiger partial charge on any atom is 0.138 e. The van der Waals surface area contributed by atoms with Crippen LogP contribution in [0.1, 0.15) is 13.8 Å². The number of hydrogen-bond acceptors (Lipinski definition) is 2. The molecule has 0 atom stereocenters. The predicted molar refractivity (Wildman–Crippen MR) is 133 cm³/mol. The highest BCUT2D eigenvalue weighted by Gasteiger charge is 2.26. The highest BCUT2D eigenvalue weighted by atomic mass is 79.9. The van der Waals surface area contributed by atoms with E-state index in [-0.39, 0.29) is 0 Å². The van der Waals surface area contributed by atoms with Crippen LogP contribution in [0.15, 0.2) is 82.9 Å². The lowest BCUT2D eigenvalue weighted by Crippen LogP contribution is -2.00. The number of fused-ring (bicyclic) bond motifs is 1. The smallest absolute Gasteiger partial charge is 0.138 e. The summed E-state index contributed by atoms with van der Waals surface area (Å²) in [6.45, 7) is 5.00. The Hall–Kier alpha value is -2.98. The summed E-state index contributed by atoms with van der Waals surface area (Å²) in [5.41, 5.74) is 6.96. The lowest BCUT2D eigenvalue weighted by atomic mass is 9.98. The zero-order chi connectivity index (χ0) is 22.0. The molecule has 0 aliphatic rings. The van der Waals surface area contributed by atoms with Gasteiger partial charge < -0.3 is 14.0 Å². The molecule has 4 heteroatoms. The van der Waals surface area contributed by atoms with Crippen LogP contribution in [0.4, 0.5) is 0 Å². The van der Waals surface area contributed by atoms with Gasteiger partial charge >= 0.3 is 0 Å². The van der Waals surface area contributed by atoms with Crippen molar-refractivity contribution in [2.24, 2.45) is 0 Å². The van der Waals surface area contributed by atoms with Gasteiger partial charge in [-0.05, 0) is 40.9 Å². The second-order valence-electron chi connectivity index (χ2n) is 7.67. The van der Waals surface area contributed by atoms with Crippen molar-refractivity contribution in [3.8, 4) is 33.9 Å². The van der Waals surface area contributed by atoms with Crippen LogP contribution in [0, 0.1) is 0 Å². The largest absolute Gasteiger partial charge is 0.496 e. The lowest BCUT2D eigenvalue weighted by molar-refractivity contribution is 0.396. The molecule has 0 amide bonds. The van der Waals surface area contributed by atoms with Crippen LogP contribution >= 0.6 is 15.9 Å². The zero-order valence-electron chi connectivity index (χ0n) is 18.3. The number of aromatic nitrogens is 1. The number of methoxy groups -OCH3 is 2. The van der Waals surface area contributed by atoms with Crippen LogP contribution in [0.2, 0.25) is 0 Å². The fourth-order valence-corrected chi connectivity index (χ4v) is 4.69. The van der Waals surface area contributed by atoms with Gasteiger partial charge in [0, 0.05) is 18.2 Å². The molecule has 0 radical (unpaired) electrons. The Balaban J connectivity index is 2.24. The first-order chi connectivity index (χ1) is 15.1. The van der Waals surface area contributed by atoms with Crippen LogP contribution < -0.4 is 9.47 Å². The van der Waals surface area contributed by atoms with Crippen LogP contribution in [-0.2, 0) is 6.54 Å². The van der Waals surface area contributed by atoms with E-state index in [2.05, 4.69) is 89.0 Å². The van der Waals surface area contributed by atoms with E-state index >= 15 is 0 Å². The van der Waals surface area contributed by atoms with E-state index in [1.807, 2.05) is 18.2 Å². The molecule has 4 rings (SSSR count). The fourth-order valence-electron chi connectivity index (χ4n) is 4.01. The SMILES string of the molecule is COc1cc(OC)c2c(-c3ccccc3)c(-c3ccccc3)n(CC=C(C)C)c2c1Br. The summed E-state index contributed by atoms with van der Waals surface area (Å²) in [5, 5.41) is 1.07. The van der Waals surface area contributed by atoms with Crippen molar-refractivity contribution in [2.45, 2.75) is 20.4 Å². The highest BCUT2D eigenvalue weighted by molar-refractivity contribution is 9.10. The molecule has 3 aromatic carbocycles. The topological polar surface area (TPSA) is 23.4 Å². The van der Waals surface area contributed by atoms with E-state index in [1.165, 1.54) is 5.57 Å². The molecule has 158 valence electrons. The molecule has 0 saturated carbocycles. The van der Waals surface area contributed by atoms with Gasteiger partial charge in [-0.3, -0.25) is 0 Å². The van der Waals surface area contributed by atoms with Crippen LogP contribution in [0.3, 0.4) is 0 Å². The third-order valence-electron chi connectivity index (χ3n) is 5.43. The molecule has 1 heterocycles. The summed E-state index contributed by atoms with van der Waals surface area (Å²) in [7, 11) is 3.40. The second kappa shape index (κ2) is 9.03. The molecule has 31 heavy (non-hydrogen) atoms. The standard InChI is InChI=1S/C27H26BrNO2/c1-18(2)15-16-29-26(20-13-9-6-10-14-20)23(19-11-7-5-8-12-19)24-21(30-3)17-22(31-4)25(28)27(24)29/h5-15,17H,16H2,1-4H3. The number of nitrogens with zero attached hydrogens (tertiary/aromatic N) is 1. The molecule has 0 N–H and O–H groups in total. The summed E-state index contributed by atoms with van der Waals surface area (Å²) in [5.74, 6) is 1.54. The average Bonchev–Trinajstić information content (AvgIpc) is 3.15. The summed E-state index contributed by atoms with van der Waals surface area (Å²) in [4.78, 5) is 0. The predicted octanol–water partition coefficient (Wildman–Crippen LogP) is 7.72. The third-order valence-corrected chi connectivity index (χ3v) is 6.19. The van der Waals surface area contributed by atoms with E-state index in [0.29, 0.717) is 0 Å². The van der Waals surface area contributed by atoms with Crippen molar-refractivity contribution in [1.82, 2.24) is 4.57 Å². The molecular formula is C27H26BrNO2. The van der Waals surface area contributed by atoms with Crippen LogP contribution in [-0.4, -0.2) is 18.8 Å². The monoisotopic (exact) mass is 475 g/mol. The van der Waals surface area contributed by atoms with Crippen molar-refractivity contribution >= 4 is 26.8 Å². The van der Waals surface area contributed by atoms with Gasteiger partial charge in [-0.15, -0.1) is 0 Å². The molecule has 0 spiro atoms. The second-order valence-corrected chi connectivity index (χ2v) is 8.46. The summed E-state index contributed by atoms with van der Waals surface area (Å²) >= 11 is 3.83. The maximum absolute atomic E-state index is 5.89. The number of benzene rings is 3. The Morgan fingerprint density at radius 2 is 1.45 bits per heavy atom. The molecule has 4 aromatic rings. The van der Waals surface area contributed by atoms with Gasteiger partial charge in [0.1, 0.15) is 11.5 Å². The molecule has 0 aliphatic heterocycles. The average molecular weight is 476 g/mol. The Morgan fingerprint density at radius 3 is 2.00 bits per heavy atom. The van der Waals surface area contributed by atoms with Gasteiger partial charge in [-0.25, -0.2) is 0 Å². The van der Waals surface area contributed by atoms with E-state index in [1.54, 1.807) is 14.2 Å². The number of halogens is 1. The fraction of sp³-hybridized carbons (Fsp3) is 0.185. The maximum atomic E-state index is 5.89. The molecule has 0 bridgehead atoms. The van der Waals surface area contributed by atoms with Crippen molar-refractivity contribution < 1.29 is 9.47 Å². The minimum absolute atomic E-state index is 0.741. The molecule has 0 fully saturated rings. The van der Waals surface area contributed by atoms with Crippen LogP contribution in [0.25, 0.3) is 33.3 Å². The molecule has 0 unspecified atom stereocenters. The van der Waals surface area contributed by atoms with Gasteiger partial charge in [0.05, 0.1) is 35.3 Å². The van der Waals surface area contributed by atoms with Gasteiger partial charge in [-0.1, -0.05) is 72.3 Å². The van der Waals surface area contributed by atoms with Gasteiger partial charge in [-0.2, -0.15) is 0 Å². The lowest BCUT2D eigenvalue weighted by Gasteiger charge is -2.13. The molecule has 3 nitrogen and oxygen atoms in total. The quantitative estimate of drug-likeness (QED) is 0.266. The first-order valence-corrected chi connectivity index (χ1v) is 11.1. The molecule has 1 aromatic heterocycles. The van der Waals surface area contributed by atoms with Crippen molar-refractivity contribution in [3.63, 3.8) is 0 Å². The molecule has 0 saturated heterocycles. The van der Waals surface area contributed by atoms with Gasteiger partial charge in [0.15, 0.2) is 0 Å². The van der Waals surface area contributed by atoms with Crippen LogP contribution in [0.5, 0.6) is 11.5 Å². The normalized spacial score (nSPS) is 10.9. The summed E-state index contributed by atoms with van der Waals surface area (Å²) < 4.78 is 14.8. The third kappa shape index (κ3) is 3.88.